The second-order valence-corrected chi connectivity index (χ2v) is 7.24. The Bertz CT molecular complexity index is 1140. The van der Waals surface area contributed by atoms with E-state index in [-0.39, 0.29) is 11.5 Å². The van der Waals surface area contributed by atoms with E-state index in [9.17, 15) is 9.59 Å². The van der Waals surface area contributed by atoms with Gasteiger partial charge in [0.1, 0.15) is 11.6 Å². The van der Waals surface area contributed by atoms with Gasteiger partial charge in [0.25, 0.3) is 5.56 Å². The molecule has 7 heteroatoms. The van der Waals surface area contributed by atoms with Crippen molar-refractivity contribution in [2.24, 2.45) is 0 Å². The van der Waals surface area contributed by atoms with E-state index >= 15 is 0 Å². The normalized spacial score (nSPS) is 14.3. The molecular formula is C22H25N5O2. The topological polar surface area (TPSA) is 73.0 Å². The smallest absolute Gasteiger partial charge is 0.280 e. The fourth-order valence-electron chi connectivity index (χ4n) is 3.96. The molecule has 1 amide bonds. The summed E-state index contributed by atoms with van der Waals surface area (Å²) in [5.41, 5.74) is 1.75. The number of rotatable bonds is 5. The largest absolute Gasteiger partial charge is 0.338 e. The zero-order valence-electron chi connectivity index (χ0n) is 16.8. The highest BCUT2D eigenvalue weighted by atomic mass is 16.2. The first-order valence-corrected chi connectivity index (χ1v) is 10.0. The standard InChI is InChI=1S/C22H25N5O2/c1-3-20-23-11-15-25(20)14-10-21(28)26-12-8-17(9-13-26)27-16(2)24-22(29)18-6-4-5-7-19(18)27/h4-8,11,15H,3,9-10,12-14H2,1-2H3. The molecule has 2 aromatic heterocycles. The lowest BCUT2D eigenvalue weighted by molar-refractivity contribution is -0.131. The second kappa shape index (κ2) is 8.03. The molecular weight excluding hydrogens is 366 g/mol. The maximum atomic E-state index is 12.7. The molecule has 7 nitrogen and oxygen atoms in total. The van der Waals surface area contributed by atoms with Gasteiger partial charge < -0.3 is 14.0 Å². The predicted octanol–water partition coefficient (Wildman–Crippen LogP) is 2.63. The Morgan fingerprint density at radius 1 is 1.24 bits per heavy atom. The van der Waals surface area contributed by atoms with Crippen LogP contribution in [0.5, 0.6) is 0 Å². The number of carbonyl (C=O) groups is 1. The molecule has 1 aliphatic heterocycles. The van der Waals surface area contributed by atoms with Gasteiger partial charge in [-0.3, -0.25) is 9.59 Å². The molecule has 0 aliphatic carbocycles. The Morgan fingerprint density at radius 3 is 2.83 bits per heavy atom. The Morgan fingerprint density at radius 2 is 2.07 bits per heavy atom. The maximum Gasteiger partial charge on any atom is 0.280 e. The summed E-state index contributed by atoms with van der Waals surface area (Å²) >= 11 is 0. The van der Waals surface area contributed by atoms with Gasteiger partial charge in [0.2, 0.25) is 5.91 Å². The van der Waals surface area contributed by atoms with Crippen LogP contribution in [0.25, 0.3) is 16.6 Å². The fraction of sp³-hybridized carbons (Fsp3) is 0.364. The van der Waals surface area contributed by atoms with Gasteiger partial charge in [0.05, 0.1) is 10.9 Å². The van der Waals surface area contributed by atoms with Crippen LogP contribution in [0.3, 0.4) is 0 Å². The van der Waals surface area contributed by atoms with Gasteiger partial charge in [0, 0.05) is 57.0 Å². The quantitative estimate of drug-likeness (QED) is 0.670. The summed E-state index contributed by atoms with van der Waals surface area (Å²) in [6.45, 7) is 5.80. The van der Waals surface area contributed by atoms with Crippen molar-refractivity contribution in [3.63, 3.8) is 0 Å². The van der Waals surface area contributed by atoms with Crippen molar-refractivity contribution in [1.82, 2.24) is 24.0 Å². The van der Waals surface area contributed by atoms with Crippen molar-refractivity contribution >= 4 is 22.5 Å². The van der Waals surface area contributed by atoms with Crippen LogP contribution in [-0.2, 0) is 17.8 Å². The molecule has 1 aliphatic rings. The van der Waals surface area contributed by atoms with Crippen molar-refractivity contribution in [2.75, 3.05) is 13.1 Å². The second-order valence-electron chi connectivity index (χ2n) is 7.24. The van der Waals surface area contributed by atoms with E-state index in [4.69, 9.17) is 0 Å². The lowest BCUT2D eigenvalue weighted by Gasteiger charge is -2.28. The molecule has 4 rings (SSSR count). The third-order valence-corrected chi connectivity index (χ3v) is 5.47. The molecule has 3 heterocycles. The Kier molecular flexibility index (Phi) is 5.29. The van der Waals surface area contributed by atoms with Gasteiger partial charge in [-0.05, 0) is 25.1 Å². The molecule has 0 saturated heterocycles. The highest BCUT2D eigenvalue weighted by molar-refractivity contribution is 5.82. The third-order valence-electron chi connectivity index (χ3n) is 5.47. The zero-order valence-corrected chi connectivity index (χ0v) is 16.8. The zero-order chi connectivity index (χ0) is 20.4. The number of amides is 1. The van der Waals surface area contributed by atoms with Crippen LogP contribution in [0, 0.1) is 6.92 Å². The number of carbonyl (C=O) groups excluding carboxylic acids is 1. The van der Waals surface area contributed by atoms with E-state index in [1.54, 1.807) is 12.3 Å². The molecule has 0 unspecified atom stereocenters. The van der Waals surface area contributed by atoms with Gasteiger partial charge in [-0.15, -0.1) is 0 Å². The molecule has 0 N–H and O–H groups in total. The summed E-state index contributed by atoms with van der Waals surface area (Å²) in [4.78, 5) is 35.2. The molecule has 0 bridgehead atoms. The van der Waals surface area contributed by atoms with E-state index in [0.717, 1.165) is 29.9 Å². The average Bonchev–Trinajstić information content (AvgIpc) is 3.20. The first kappa shape index (κ1) is 19.1. The molecule has 0 radical (unpaired) electrons. The number of para-hydroxylation sites is 1. The number of hydrogen-bond donors (Lipinski definition) is 0. The van der Waals surface area contributed by atoms with E-state index in [2.05, 4.69) is 23.0 Å². The number of aromatic nitrogens is 4. The number of hydrogen-bond acceptors (Lipinski definition) is 4. The van der Waals surface area contributed by atoms with Crippen molar-refractivity contribution in [3.05, 3.63) is 64.7 Å². The Balaban J connectivity index is 1.50. The molecule has 0 atom stereocenters. The Hall–Kier alpha value is -3.22. The predicted molar refractivity (Wildman–Crippen MR) is 112 cm³/mol. The van der Waals surface area contributed by atoms with E-state index in [1.165, 1.54) is 0 Å². The first-order chi connectivity index (χ1) is 14.1. The minimum absolute atomic E-state index is 0.149. The summed E-state index contributed by atoms with van der Waals surface area (Å²) in [7, 11) is 0. The highest BCUT2D eigenvalue weighted by Gasteiger charge is 2.20. The molecule has 0 fully saturated rings. The number of fused-ring (bicyclic) bond motifs is 1. The third kappa shape index (κ3) is 3.72. The van der Waals surface area contributed by atoms with Gasteiger partial charge in [0.15, 0.2) is 0 Å². The van der Waals surface area contributed by atoms with Crippen LogP contribution < -0.4 is 5.56 Å². The van der Waals surface area contributed by atoms with Crippen LogP contribution in [-0.4, -0.2) is 43.0 Å². The minimum atomic E-state index is -0.200. The SMILES string of the molecule is CCc1nccn1CCC(=O)N1CC=C(n2c(C)nc(=O)c3ccccc32)CC1. The van der Waals surface area contributed by atoms with Gasteiger partial charge >= 0.3 is 0 Å². The average molecular weight is 391 g/mol. The van der Waals surface area contributed by atoms with E-state index in [1.807, 2.05) is 45.4 Å². The number of imidazole rings is 1. The summed E-state index contributed by atoms with van der Waals surface area (Å²) in [5, 5.41) is 0.615. The molecule has 3 aromatic rings. The van der Waals surface area contributed by atoms with E-state index in [0.29, 0.717) is 37.3 Å². The number of nitrogens with zero attached hydrogens (tertiary/aromatic N) is 5. The van der Waals surface area contributed by atoms with Crippen molar-refractivity contribution < 1.29 is 4.79 Å². The fourth-order valence-corrected chi connectivity index (χ4v) is 3.96. The monoisotopic (exact) mass is 391 g/mol. The summed E-state index contributed by atoms with van der Waals surface area (Å²) in [6.07, 6.45) is 7.84. The van der Waals surface area contributed by atoms with Crippen LogP contribution in [0.2, 0.25) is 0 Å². The molecule has 29 heavy (non-hydrogen) atoms. The van der Waals surface area contributed by atoms with Crippen molar-refractivity contribution in [3.8, 4) is 0 Å². The van der Waals surface area contributed by atoms with Gasteiger partial charge in [-0.25, -0.2) is 4.98 Å². The lowest BCUT2D eigenvalue weighted by Crippen LogP contribution is -2.36. The van der Waals surface area contributed by atoms with Crippen LogP contribution >= 0.6 is 0 Å². The summed E-state index contributed by atoms with van der Waals surface area (Å²) in [5.74, 6) is 1.83. The Labute approximate surface area is 169 Å². The number of benzene rings is 1. The summed E-state index contributed by atoms with van der Waals surface area (Å²) in [6, 6.07) is 7.53. The van der Waals surface area contributed by atoms with Crippen LogP contribution in [0.4, 0.5) is 0 Å². The molecule has 150 valence electrons. The first-order valence-electron chi connectivity index (χ1n) is 10.0. The van der Waals surface area contributed by atoms with Gasteiger partial charge in [-0.1, -0.05) is 19.1 Å². The van der Waals surface area contributed by atoms with Gasteiger partial charge in [-0.2, -0.15) is 4.98 Å². The number of aryl methyl sites for hydroxylation is 3. The van der Waals surface area contributed by atoms with Crippen molar-refractivity contribution in [1.29, 1.82) is 0 Å². The van der Waals surface area contributed by atoms with E-state index < -0.39 is 0 Å². The molecule has 0 saturated carbocycles. The lowest BCUT2D eigenvalue weighted by atomic mass is 10.1. The maximum absolute atomic E-state index is 12.7. The van der Waals surface area contributed by atoms with Crippen LogP contribution in [0.1, 0.15) is 31.4 Å². The molecule has 0 spiro atoms. The van der Waals surface area contributed by atoms with Crippen molar-refractivity contribution in [2.45, 2.75) is 39.7 Å². The highest BCUT2D eigenvalue weighted by Crippen LogP contribution is 2.22. The minimum Gasteiger partial charge on any atom is -0.338 e. The summed E-state index contributed by atoms with van der Waals surface area (Å²) < 4.78 is 4.09. The molecule has 1 aromatic carbocycles. The van der Waals surface area contributed by atoms with Crippen LogP contribution in [0.15, 0.2) is 47.5 Å².